The minimum Gasteiger partial charge on any atom is -0.378 e. The van der Waals surface area contributed by atoms with Crippen LogP contribution >= 0.6 is 0 Å². The second-order valence-corrected chi connectivity index (χ2v) is 5.41. The van der Waals surface area contributed by atoms with Gasteiger partial charge in [-0.05, 0) is 38.2 Å². The van der Waals surface area contributed by atoms with E-state index >= 15 is 0 Å². The van der Waals surface area contributed by atoms with Crippen LogP contribution in [0.1, 0.15) is 38.7 Å². The monoisotopic (exact) mass is 278 g/mol. The molecule has 1 unspecified atom stereocenters. The fraction of sp³-hybridized carbons (Fsp3) is 0.733. The summed E-state index contributed by atoms with van der Waals surface area (Å²) in [4.78, 5) is 11.2. The van der Waals surface area contributed by atoms with Gasteiger partial charge in [-0.25, -0.2) is 9.97 Å². The number of nitrogens with two attached hydrogens (primary N) is 1. The Morgan fingerprint density at radius 2 is 1.95 bits per heavy atom. The molecule has 1 aromatic heterocycles. The van der Waals surface area contributed by atoms with Crippen LogP contribution in [0.2, 0.25) is 0 Å². The molecule has 0 amide bonds. The maximum absolute atomic E-state index is 5.95. The molecule has 0 bridgehead atoms. The van der Waals surface area contributed by atoms with E-state index < -0.39 is 0 Å². The van der Waals surface area contributed by atoms with Crippen molar-refractivity contribution >= 4 is 5.95 Å². The first-order chi connectivity index (χ1) is 9.72. The molecule has 0 radical (unpaired) electrons. The number of ether oxygens (including phenoxy) is 1. The van der Waals surface area contributed by atoms with Gasteiger partial charge in [0.2, 0.25) is 5.95 Å². The molecule has 20 heavy (non-hydrogen) atoms. The number of anilines is 1. The Bertz CT molecular complexity index is 387. The fourth-order valence-electron chi connectivity index (χ4n) is 2.52. The van der Waals surface area contributed by atoms with E-state index in [-0.39, 0.29) is 6.04 Å². The molecule has 0 saturated carbocycles. The van der Waals surface area contributed by atoms with Crippen LogP contribution in [0, 0.1) is 0 Å². The Balaban J connectivity index is 1.87. The van der Waals surface area contributed by atoms with Crippen molar-refractivity contribution in [2.75, 3.05) is 24.6 Å². The zero-order valence-corrected chi connectivity index (χ0v) is 12.6. The lowest BCUT2D eigenvalue weighted by Gasteiger charge is -2.31. The number of hydrogen-bond donors (Lipinski definition) is 1. The standard InChI is InChI=1S/C15H26N4O/c1-3-13(16)9-12-10-17-15(18-11-12)19-7-5-14(6-8-19)20-4-2/h10-11,13-14H,3-9,16H2,1-2H3. The van der Waals surface area contributed by atoms with Gasteiger partial charge in [-0.15, -0.1) is 0 Å². The molecule has 2 heterocycles. The lowest BCUT2D eigenvalue weighted by Crippen LogP contribution is -2.38. The van der Waals surface area contributed by atoms with Crippen LogP contribution in [0.25, 0.3) is 0 Å². The summed E-state index contributed by atoms with van der Waals surface area (Å²) in [7, 11) is 0. The van der Waals surface area contributed by atoms with Crippen molar-refractivity contribution in [1.82, 2.24) is 9.97 Å². The van der Waals surface area contributed by atoms with Crippen molar-refractivity contribution in [2.24, 2.45) is 5.73 Å². The van der Waals surface area contributed by atoms with Crippen LogP contribution in [0.15, 0.2) is 12.4 Å². The summed E-state index contributed by atoms with van der Waals surface area (Å²) >= 11 is 0. The van der Waals surface area contributed by atoms with Gasteiger partial charge in [0.15, 0.2) is 0 Å². The molecule has 0 aliphatic carbocycles. The number of piperidine rings is 1. The number of nitrogens with zero attached hydrogens (tertiary/aromatic N) is 3. The molecular weight excluding hydrogens is 252 g/mol. The van der Waals surface area contributed by atoms with Crippen molar-refractivity contribution in [3.63, 3.8) is 0 Å². The molecule has 5 heteroatoms. The molecule has 5 nitrogen and oxygen atoms in total. The predicted molar refractivity (Wildman–Crippen MR) is 80.9 cm³/mol. The molecule has 1 fully saturated rings. The summed E-state index contributed by atoms with van der Waals surface area (Å²) < 4.78 is 5.66. The third-order valence-corrected chi connectivity index (χ3v) is 3.84. The summed E-state index contributed by atoms with van der Waals surface area (Å²) in [6.45, 7) is 6.89. The van der Waals surface area contributed by atoms with Gasteiger partial charge in [-0.2, -0.15) is 0 Å². The number of rotatable bonds is 6. The van der Waals surface area contributed by atoms with Gasteiger partial charge in [-0.3, -0.25) is 0 Å². The van der Waals surface area contributed by atoms with Crippen LogP contribution < -0.4 is 10.6 Å². The first-order valence-corrected chi connectivity index (χ1v) is 7.66. The second kappa shape index (κ2) is 7.55. The lowest BCUT2D eigenvalue weighted by atomic mass is 10.1. The molecular formula is C15H26N4O. The largest absolute Gasteiger partial charge is 0.378 e. The van der Waals surface area contributed by atoms with Gasteiger partial charge >= 0.3 is 0 Å². The van der Waals surface area contributed by atoms with Gasteiger partial charge in [-0.1, -0.05) is 6.92 Å². The van der Waals surface area contributed by atoms with Gasteiger partial charge in [0, 0.05) is 38.1 Å². The first kappa shape index (κ1) is 15.2. The zero-order chi connectivity index (χ0) is 14.4. The fourth-order valence-corrected chi connectivity index (χ4v) is 2.52. The average molecular weight is 278 g/mol. The Hall–Kier alpha value is -1.20. The highest BCUT2D eigenvalue weighted by Gasteiger charge is 2.20. The molecule has 0 spiro atoms. The summed E-state index contributed by atoms with van der Waals surface area (Å²) in [6, 6.07) is 0.200. The molecule has 1 saturated heterocycles. The van der Waals surface area contributed by atoms with Crippen molar-refractivity contribution in [1.29, 1.82) is 0 Å². The topological polar surface area (TPSA) is 64.3 Å². The Morgan fingerprint density at radius 1 is 1.30 bits per heavy atom. The summed E-state index contributed by atoms with van der Waals surface area (Å²) in [5, 5.41) is 0. The van der Waals surface area contributed by atoms with E-state index in [2.05, 4.69) is 28.7 Å². The molecule has 1 aliphatic rings. The molecule has 2 rings (SSSR count). The van der Waals surface area contributed by atoms with Gasteiger partial charge in [0.25, 0.3) is 0 Å². The quantitative estimate of drug-likeness (QED) is 0.859. The highest BCUT2D eigenvalue weighted by molar-refractivity contribution is 5.30. The molecule has 1 aromatic rings. The number of aromatic nitrogens is 2. The smallest absolute Gasteiger partial charge is 0.225 e. The van der Waals surface area contributed by atoms with Crippen LogP contribution in [0.5, 0.6) is 0 Å². The van der Waals surface area contributed by atoms with E-state index in [1.807, 2.05) is 12.4 Å². The third-order valence-electron chi connectivity index (χ3n) is 3.84. The maximum atomic E-state index is 5.95. The van der Waals surface area contributed by atoms with E-state index in [0.717, 1.165) is 56.9 Å². The van der Waals surface area contributed by atoms with Crippen LogP contribution in [0.3, 0.4) is 0 Å². The summed E-state index contributed by atoms with van der Waals surface area (Å²) in [5.74, 6) is 0.828. The second-order valence-electron chi connectivity index (χ2n) is 5.41. The molecule has 1 aliphatic heterocycles. The Labute approximate surface area is 121 Å². The van der Waals surface area contributed by atoms with E-state index in [1.54, 1.807) is 0 Å². The molecule has 2 N–H and O–H groups in total. The average Bonchev–Trinajstić information content (AvgIpc) is 2.49. The molecule has 112 valence electrons. The van der Waals surface area contributed by atoms with Gasteiger partial charge in [0.1, 0.15) is 0 Å². The van der Waals surface area contributed by atoms with Crippen molar-refractivity contribution in [3.05, 3.63) is 18.0 Å². The van der Waals surface area contributed by atoms with E-state index in [1.165, 1.54) is 0 Å². The normalized spacial score (nSPS) is 18.2. The summed E-state index contributed by atoms with van der Waals surface area (Å²) in [5.41, 5.74) is 7.07. The highest BCUT2D eigenvalue weighted by Crippen LogP contribution is 2.18. The van der Waals surface area contributed by atoms with Crippen LogP contribution in [-0.2, 0) is 11.2 Å². The minimum atomic E-state index is 0.200. The molecule has 1 atom stereocenters. The zero-order valence-electron chi connectivity index (χ0n) is 12.6. The minimum absolute atomic E-state index is 0.200. The summed E-state index contributed by atoms with van der Waals surface area (Å²) in [6.07, 6.45) is 8.16. The predicted octanol–water partition coefficient (Wildman–Crippen LogP) is 1.76. The van der Waals surface area contributed by atoms with E-state index in [0.29, 0.717) is 6.10 Å². The van der Waals surface area contributed by atoms with Crippen molar-refractivity contribution in [3.8, 4) is 0 Å². The van der Waals surface area contributed by atoms with Gasteiger partial charge in [0.05, 0.1) is 6.10 Å². The van der Waals surface area contributed by atoms with E-state index in [4.69, 9.17) is 10.5 Å². The maximum Gasteiger partial charge on any atom is 0.225 e. The Morgan fingerprint density at radius 3 is 2.50 bits per heavy atom. The van der Waals surface area contributed by atoms with Crippen LogP contribution in [0.4, 0.5) is 5.95 Å². The van der Waals surface area contributed by atoms with Gasteiger partial charge < -0.3 is 15.4 Å². The Kier molecular flexibility index (Phi) is 5.73. The van der Waals surface area contributed by atoms with Crippen molar-refractivity contribution < 1.29 is 4.74 Å². The van der Waals surface area contributed by atoms with Crippen molar-refractivity contribution in [2.45, 2.75) is 51.7 Å². The third kappa shape index (κ3) is 4.15. The van der Waals surface area contributed by atoms with E-state index in [9.17, 15) is 0 Å². The molecule has 0 aromatic carbocycles. The SMILES string of the molecule is CCOC1CCN(c2ncc(CC(N)CC)cn2)CC1. The lowest BCUT2D eigenvalue weighted by molar-refractivity contribution is 0.0457. The highest BCUT2D eigenvalue weighted by atomic mass is 16.5. The first-order valence-electron chi connectivity index (χ1n) is 7.66. The number of hydrogen-bond acceptors (Lipinski definition) is 5. The van der Waals surface area contributed by atoms with Crippen LogP contribution in [-0.4, -0.2) is 41.8 Å².